The zero-order valence-electron chi connectivity index (χ0n) is 9.22. The van der Waals surface area contributed by atoms with Crippen LogP contribution in [0.3, 0.4) is 0 Å². The van der Waals surface area contributed by atoms with Crippen molar-refractivity contribution in [3.8, 4) is 5.75 Å². The molecular formula is C12H8BrClF2OS. The van der Waals surface area contributed by atoms with Gasteiger partial charge in [0.05, 0.1) is 11.9 Å². The first-order valence-corrected chi connectivity index (χ1v) is 7.11. The predicted molar refractivity (Wildman–Crippen MR) is 73.0 cm³/mol. The molecule has 0 radical (unpaired) electrons. The fourth-order valence-corrected chi connectivity index (χ4v) is 3.53. The summed E-state index contributed by atoms with van der Waals surface area (Å²) in [5, 5.41) is 2.01. The molecule has 96 valence electrons. The molecular weight excluding hydrogens is 346 g/mol. The van der Waals surface area contributed by atoms with E-state index in [0.29, 0.717) is 5.56 Å². The van der Waals surface area contributed by atoms with Crippen LogP contribution in [-0.2, 0) is 0 Å². The van der Waals surface area contributed by atoms with E-state index in [1.165, 1.54) is 11.3 Å². The van der Waals surface area contributed by atoms with E-state index >= 15 is 0 Å². The maximum atomic E-state index is 13.2. The summed E-state index contributed by atoms with van der Waals surface area (Å²) in [5.41, 5.74) is 0.486. The summed E-state index contributed by atoms with van der Waals surface area (Å²) in [6.45, 7) is 0. The average molecular weight is 354 g/mol. The molecule has 0 aliphatic heterocycles. The molecule has 0 bridgehead atoms. The molecule has 1 nitrogen and oxygen atoms in total. The third-order valence-electron chi connectivity index (χ3n) is 2.39. The Kier molecular flexibility index (Phi) is 4.25. The highest BCUT2D eigenvalue weighted by Gasteiger charge is 2.19. The molecule has 18 heavy (non-hydrogen) atoms. The standard InChI is InChI=1S/C12H8BrClF2OS/c1-17-6-2-11(18-5-6)12(13)7-3-9(15)10(16)4-8(7)14/h2-5,12H,1H3. The van der Waals surface area contributed by atoms with Crippen LogP contribution in [0.2, 0.25) is 5.02 Å². The van der Waals surface area contributed by atoms with Crippen molar-refractivity contribution in [2.24, 2.45) is 0 Å². The van der Waals surface area contributed by atoms with Crippen LogP contribution in [0.4, 0.5) is 8.78 Å². The van der Waals surface area contributed by atoms with E-state index in [2.05, 4.69) is 15.9 Å². The summed E-state index contributed by atoms with van der Waals surface area (Å²) in [6, 6.07) is 3.90. The zero-order chi connectivity index (χ0) is 13.3. The zero-order valence-corrected chi connectivity index (χ0v) is 12.4. The summed E-state index contributed by atoms with van der Waals surface area (Å²) >= 11 is 10.8. The van der Waals surface area contributed by atoms with Crippen molar-refractivity contribution in [3.63, 3.8) is 0 Å². The van der Waals surface area contributed by atoms with Crippen LogP contribution in [0.25, 0.3) is 0 Å². The molecule has 1 aromatic heterocycles. The van der Waals surface area contributed by atoms with E-state index in [9.17, 15) is 8.78 Å². The molecule has 0 saturated heterocycles. The molecule has 0 spiro atoms. The van der Waals surface area contributed by atoms with Gasteiger partial charge in [0.15, 0.2) is 11.6 Å². The number of hydrogen-bond donors (Lipinski definition) is 0. The van der Waals surface area contributed by atoms with Crippen LogP contribution in [0, 0.1) is 11.6 Å². The molecule has 1 aromatic carbocycles. The first-order valence-electron chi connectivity index (χ1n) is 4.94. The summed E-state index contributed by atoms with van der Waals surface area (Å²) in [7, 11) is 1.57. The van der Waals surface area contributed by atoms with Gasteiger partial charge in [-0.15, -0.1) is 11.3 Å². The number of thiophene rings is 1. The van der Waals surface area contributed by atoms with Gasteiger partial charge in [0.2, 0.25) is 0 Å². The van der Waals surface area contributed by atoms with Gasteiger partial charge in [0.1, 0.15) is 5.75 Å². The number of hydrogen-bond acceptors (Lipinski definition) is 2. The highest BCUT2D eigenvalue weighted by atomic mass is 79.9. The van der Waals surface area contributed by atoms with Crippen molar-refractivity contribution < 1.29 is 13.5 Å². The molecule has 1 heterocycles. The second-order valence-corrected chi connectivity index (χ2v) is 5.80. The van der Waals surface area contributed by atoms with E-state index in [1.807, 2.05) is 11.4 Å². The predicted octanol–water partition coefficient (Wildman–Crippen LogP) is 5.17. The van der Waals surface area contributed by atoms with Gasteiger partial charge in [-0.05, 0) is 23.8 Å². The fourth-order valence-electron chi connectivity index (χ4n) is 1.46. The molecule has 0 N–H and O–H groups in total. The van der Waals surface area contributed by atoms with Crippen molar-refractivity contribution in [3.05, 3.63) is 50.7 Å². The average Bonchev–Trinajstić information content (AvgIpc) is 2.81. The van der Waals surface area contributed by atoms with E-state index in [0.717, 1.165) is 22.8 Å². The lowest BCUT2D eigenvalue weighted by Crippen LogP contribution is -1.95. The molecule has 0 aliphatic carbocycles. The van der Waals surface area contributed by atoms with Gasteiger partial charge in [0, 0.05) is 15.3 Å². The van der Waals surface area contributed by atoms with Crippen molar-refractivity contribution in [1.29, 1.82) is 0 Å². The summed E-state index contributed by atoms with van der Waals surface area (Å²) in [5.74, 6) is -1.15. The van der Waals surface area contributed by atoms with Crippen molar-refractivity contribution in [1.82, 2.24) is 0 Å². The molecule has 6 heteroatoms. The molecule has 2 aromatic rings. The summed E-state index contributed by atoms with van der Waals surface area (Å²) < 4.78 is 31.3. The van der Waals surface area contributed by atoms with Gasteiger partial charge < -0.3 is 4.74 Å². The number of ether oxygens (including phenoxy) is 1. The highest BCUT2D eigenvalue weighted by Crippen LogP contribution is 2.40. The minimum absolute atomic E-state index is 0.183. The lowest BCUT2D eigenvalue weighted by Gasteiger charge is -2.10. The minimum atomic E-state index is -0.952. The number of rotatable bonds is 3. The van der Waals surface area contributed by atoms with E-state index < -0.39 is 11.6 Å². The quantitative estimate of drug-likeness (QED) is 0.546. The van der Waals surface area contributed by atoms with E-state index in [4.69, 9.17) is 16.3 Å². The van der Waals surface area contributed by atoms with Crippen molar-refractivity contribution in [2.75, 3.05) is 7.11 Å². The lowest BCUT2D eigenvalue weighted by atomic mass is 10.1. The Bertz CT molecular complexity index is 573. The number of alkyl halides is 1. The molecule has 0 fully saturated rings. The Morgan fingerprint density at radius 1 is 1.28 bits per heavy atom. The van der Waals surface area contributed by atoms with Crippen LogP contribution in [-0.4, -0.2) is 7.11 Å². The Hall–Kier alpha value is -0.650. The largest absolute Gasteiger partial charge is 0.496 e. The van der Waals surface area contributed by atoms with Crippen LogP contribution < -0.4 is 4.74 Å². The lowest BCUT2D eigenvalue weighted by molar-refractivity contribution is 0.416. The minimum Gasteiger partial charge on any atom is -0.496 e. The molecule has 0 aliphatic rings. The van der Waals surface area contributed by atoms with Gasteiger partial charge in [-0.25, -0.2) is 8.78 Å². The maximum absolute atomic E-state index is 13.2. The Labute approximate surface area is 120 Å². The van der Waals surface area contributed by atoms with Crippen LogP contribution in [0.15, 0.2) is 23.6 Å². The molecule has 0 saturated carbocycles. The molecule has 1 atom stereocenters. The molecule has 0 amide bonds. The summed E-state index contributed by atoms with van der Waals surface area (Å²) in [4.78, 5) is 0.605. The van der Waals surface area contributed by atoms with Crippen LogP contribution in [0.5, 0.6) is 5.75 Å². The van der Waals surface area contributed by atoms with Gasteiger partial charge in [-0.3, -0.25) is 0 Å². The fraction of sp³-hybridized carbons (Fsp3) is 0.167. The van der Waals surface area contributed by atoms with Crippen molar-refractivity contribution >= 4 is 38.9 Å². The SMILES string of the molecule is COc1csc(C(Br)c2cc(F)c(F)cc2Cl)c1. The monoisotopic (exact) mass is 352 g/mol. The van der Waals surface area contributed by atoms with Gasteiger partial charge in [-0.2, -0.15) is 0 Å². The molecule has 1 unspecified atom stereocenters. The third kappa shape index (κ3) is 2.68. The number of halogens is 4. The second kappa shape index (κ2) is 5.55. The topological polar surface area (TPSA) is 9.23 Å². The third-order valence-corrected chi connectivity index (χ3v) is 4.99. The normalized spacial score (nSPS) is 12.5. The smallest absolute Gasteiger partial charge is 0.160 e. The summed E-state index contributed by atoms with van der Waals surface area (Å²) in [6.07, 6.45) is 0. The van der Waals surface area contributed by atoms with E-state index in [-0.39, 0.29) is 9.85 Å². The first-order chi connectivity index (χ1) is 8.52. The van der Waals surface area contributed by atoms with Crippen LogP contribution >= 0.6 is 38.9 Å². The highest BCUT2D eigenvalue weighted by molar-refractivity contribution is 9.09. The number of methoxy groups -OCH3 is 1. The van der Waals surface area contributed by atoms with Gasteiger partial charge >= 0.3 is 0 Å². The van der Waals surface area contributed by atoms with Crippen molar-refractivity contribution in [2.45, 2.75) is 4.83 Å². The Balaban J connectivity index is 2.39. The number of benzene rings is 1. The van der Waals surface area contributed by atoms with Gasteiger partial charge in [-0.1, -0.05) is 27.5 Å². The first kappa shape index (κ1) is 13.8. The van der Waals surface area contributed by atoms with Crippen LogP contribution in [0.1, 0.15) is 15.3 Å². The maximum Gasteiger partial charge on any atom is 0.160 e. The molecule has 2 rings (SSSR count). The van der Waals surface area contributed by atoms with Gasteiger partial charge in [0.25, 0.3) is 0 Å². The second-order valence-electron chi connectivity index (χ2n) is 3.54. The Morgan fingerprint density at radius 2 is 1.94 bits per heavy atom. The Morgan fingerprint density at radius 3 is 2.56 bits per heavy atom. The van der Waals surface area contributed by atoms with E-state index in [1.54, 1.807) is 7.11 Å².